The average Bonchev–Trinajstić information content (AvgIpc) is 2.81. The van der Waals surface area contributed by atoms with Crippen molar-refractivity contribution in [3.63, 3.8) is 0 Å². The molecule has 0 saturated carbocycles. The predicted molar refractivity (Wildman–Crippen MR) is 130 cm³/mol. The summed E-state index contributed by atoms with van der Waals surface area (Å²) in [6, 6.07) is 16.4. The van der Waals surface area contributed by atoms with Gasteiger partial charge >= 0.3 is 5.97 Å². The lowest BCUT2D eigenvalue weighted by Crippen LogP contribution is -2.18. The Balaban J connectivity index is 1.69. The highest BCUT2D eigenvalue weighted by Gasteiger charge is 2.14. The molecule has 33 heavy (non-hydrogen) atoms. The molecule has 170 valence electrons. The smallest absolute Gasteiger partial charge is 0.343 e. The Labute approximate surface area is 204 Å². The van der Waals surface area contributed by atoms with Gasteiger partial charge in [0.05, 0.1) is 31.1 Å². The van der Waals surface area contributed by atoms with Crippen LogP contribution in [-0.4, -0.2) is 31.8 Å². The quantitative estimate of drug-likeness (QED) is 0.180. The fraction of sp³-hybridized carbons (Fsp3) is 0.125. The Bertz CT molecular complexity index is 1180. The van der Waals surface area contributed by atoms with Gasteiger partial charge in [-0.3, -0.25) is 4.79 Å². The van der Waals surface area contributed by atoms with Gasteiger partial charge in [0.25, 0.3) is 5.91 Å². The fourth-order valence-corrected chi connectivity index (χ4v) is 3.27. The second-order valence-corrected chi connectivity index (χ2v) is 7.93. The van der Waals surface area contributed by atoms with Crippen molar-refractivity contribution >= 4 is 45.6 Å². The number of halogens is 2. The van der Waals surface area contributed by atoms with E-state index in [9.17, 15) is 9.59 Å². The van der Waals surface area contributed by atoms with Gasteiger partial charge < -0.3 is 14.2 Å². The predicted octanol–water partition coefficient (Wildman–Crippen LogP) is 5.49. The Morgan fingerprint density at radius 1 is 1.03 bits per heavy atom. The van der Waals surface area contributed by atoms with Crippen LogP contribution >= 0.6 is 27.5 Å². The summed E-state index contributed by atoms with van der Waals surface area (Å²) in [5.41, 5.74) is 3.81. The van der Waals surface area contributed by atoms with E-state index in [4.69, 9.17) is 25.8 Å². The van der Waals surface area contributed by atoms with Crippen molar-refractivity contribution in [2.45, 2.75) is 6.92 Å². The van der Waals surface area contributed by atoms with Crippen molar-refractivity contribution in [1.29, 1.82) is 0 Å². The molecule has 0 aromatic heterocycles. The SMILES string of the molecule is CCOc1ccc(Br)cc1C(=O)N/N=C/c1ccc(OC(=O)c2ccc(Cl)cc2)c(OC)c1. The number of hydrazone groups is 1. The molecule has 1 amide bonds. The van der Waals surface area contributed by atoms with E-state index >= 15 is 0 Å². The van der Waals surface area contributed by atoms with Crippen LogP contribution in [-0.2, 0) is 0 Å². The van der Waals surface area contributed by atoms with E-state index in [-0.39, 0.29) is 5.75 Å². The van der Waals surface area contributed by atoms with E-state index in [1.165, 1.54) is 13.3 Å². The molecule has 9 heteroatoms. The third-order valence-corrected chi connectivity index (χ3v) is 5.08. The first-order chi connectivity index (χ1) is 15.9. The van der Waals surface area contributed by atoms with E-state index in [0.717, 1.165) is 4.47 Å². The third kappa shape index (κ3) is 6.57. The molecule has 0 saturated heterocycles. The van der Waals surface area contributed by atoms with Crippen molar-refractivity contribution in [3.05, 3.63) is 86.8 Å². The van der Waals surface area contributed by atoms with Crippen LogP contribution in [0, 0.1) is 0 Å². The van der Waals surface area contributed by atoms with Gasteiger partial charge in [-0.1, -0.05) is 27.5 Å². The number of benzene rings is 3. The molecule has 0 aliphatic rings. The second-order valence-electron chi connectivity index (χ2n) is 6.58. The molecule has 7 nitrogen and oxygen atoms in total. The summed E-state index contributed by atoms with van der Waals surface area (Å²) in [5, 5.41) is 4.52. The summed E-state index contributed by atoms with van der Waals surface area (Å²) in [7, 11) is 1.46. The first-order valence-corrected chi connectivity index (χ1v) is 11.0. The maximum atomic E-state index is 12.5. The van der Waals surface area contributed by atoms with E-state index in [1.54, 1.807) is 60.7 Å². The van der Waals surface area contributed by atoms with Crippen molar-refractivity contribution in [1.82, 2.24) is 5.43 Å². The second kappa shape index (κ2) is 11.5. The van der Waals surface area contributed by atoms with E-state index in [2.05, 4.69) is 26.5 Å². The molecule has 3 rings (SSSR count). The molecule has 0 fully saturated rings. The molecule has 0 radical (unpaired) electrons. The highest BCUT2D eigenvalue weighted by molar-refractivity contribution is 9.10. The average molecular weight is 532 g/mol. The van der Waals surface area contributed by atoms with Crippen LogP contribution in [0.3, 0.4) is 0 Å². The number of nitrogens with one attached hydrogen (secondary N) is 1. The lowest BCUT2D eigenvalue weighted by molar-refractivity contribution is 0.0729. The molecule has 0 aliphatic carbocycles. The molecule has 0 unspecified atom stereocenters. The normalized spacial score (nSPS) is 10.7. The van der Waals surface area contributed by atoms with Crippen molar-refractivity contribution < 1.29 is 23.8 Å². The van der Waals surface area contributed by atoms with E-state index in [0.29, 0.717) is 39.8 Å². The largest absolute Gasteiger partial charge is 0.493 e. The Morgan fingerprint density at radius 2 is 1.76 bits per heavy atom. The van der Waals surface area contributed by atoms with Crippen LogP contribution in [0.1, 0.15) is 33.2 Å². The van der Waals surface area contributed by atoms with E-state index < -0.39 is 11.9 Å². The lowest BCUT2D eigenvalue weighted by atomic mass is 10.2. The van der Waals surface area contributed by atoms with Crippen LogP contribution in [0.25, 0.3) is 0 Å². The standard InChI is InChI=1S/C24H20BrClN2O5/c1-3-32-20-11-7-17(25)13-19(20)23(29)28-27-14-15-4-10-21(22(12-15)31-2)33-24(30)16-5-8-18(26)9-6-16/h4-14H,3H2,1-2H3,(H,28,29)/b27-14+. The summed E-state index contributed by atoms with van der Waals surface area (Å²) in [6.45, 7) is 2.27. The first-order valence-electron chi connectivity index (χ1n) is 9.82. The number of rotatable bonds is 8. The van der Waals surface area contributed by atoms with Gasteiger partial charge in [-0.05, 0) is 73.2 Å². The molecular formula is C24H20BrClN2O5. The summed E-state index contributed by atoms with van der Waals surface area (Å²) in [6.07, 6.45) is 1.45. The molecule has 3 aromatic rings. The maximum absolute atomic E-state index is 12.5. The number of amides is 1. The minimum absolute atomic E-state index is 0.245. The van der Waals surface area contributed by atoms with Crippen LogP contribution in [0.15, 0.2) is 70.2 Å². The van der Waals surface area contributed by atoms with Crippen molar-refractivity contribution in [3.8, 4) is 17.2 Å². The van der Waals surface area contributed by atoms with Crippen LogP contribution in [0.5, 0.6) is 17.2 Å². The van der Waals surface area contributed by atoms with Crippen molar-refractivity contribution in [2.24, 2.45) is 5.10 Å². The number of carbonyl (C=O) groups is 2. The summed E-state index contributed by atoms with van der Waals surface area (Å²) >= 11 is 9.20. The van der Waals surface area contributed by atoms with Gasteiger partial charge in [-0.2, -0.15) is 5.10 Å². The third-order valence-electron chi connectivity index (χ3n) is 4.34. The zero-order chi connectivity index (χ0) is 23.8. The number of methoxy groups -OCH3 is 1. The first kappa shape index (κ1) is 24.3. The summed E-state index contributed by atoms with van der Waals surface area (Å²) < 4.78 is 17.0. The molecule has 0 atom stereocenters. The molecule has 0 heterocycles. The number of esters is 1. The highest BCUT2D eigenvalue weighted by atomic mass is 79.9. The summed E-state index contributed by atoms with van der Waals surface area (Å²) in [4.78, 5) is 24.9. The minimum Gasteiger partial charge on any atom is -0.493 e. The van der Waals surface area contributed by atoms with Crippen molar-refractivity contribution in [2.75, 3.05) is 13.7 Å². The Hall–Kier alpha value is -3.36. The fourth-order valence-electron chi connectivity index (χ4n) is 2.78. The van der Waals surface area contributed by atoms with Crippen LogP contribution in [0.4, 0.5) is 0 Å². The molecule has 0 spiro atoms. The number of hydrogen-bond donors (Lipinski definition) is 1. The van der Waals surface area contributed by atoms with Gasteiger partial charge in [0.15, 0.2) is 11.5 Å². The van der Waals surface area contributed by atoms with Gasteiger partial charge in [-0.25, -0.2) is 10.2 Å². The monoisotopic (exact) mass is 530 g/mol. The van der Waals surface area contributed by atoms with Gasteiger partial charge in [-0.15, -0.1) is 0 Å². The number of ether oxygens (including phenoxy) is 3. The van der Waals surface area contributed by atoms with Crippen LogP contribution in [0.2, 0.25) is 5.02 Å². The topological polar surface area (TPSA) is 86.2 Å². The zero-order valence-corrected chi connectivity index (χ0v) is 20.1. The molecule has 1 N–H and O–H groups in total. The number of nitrogens with zero attached hydrogens (tertiary/aromatic N) is 1. The zero-order valence-electron chi connectivity index (χ0n) is 17.8. The minimum atomic E-state index is -0.544. The Kier molecular flexibility index (Phi) is 8.46. The maximum Gasteiger partial charge on any atom is 0.343 e. The lowest BCUT2D eigenvalue weighted by Gasteiger charge is -2.10. The number of carbonyl (C=O) groups excluding carboxylic acids is 2. The molecule has 0 aliphatic heterocycles. The van der Waals surface area contributed by atoms with Gasteiger partial charge in [0.1, 0.15) is 5.75 Å². The number of hydrogen-bond acceptors (Lipinski definition) is 6. The Morgan fingerprint density at radius 3 is 2.45 bits per heavy atom. The van der Waals surface area contributed by atoms with E-state index in [1.807, 2.05) is 6.92 Å². The molecule has 3 aromatic carbocycles. The van der Waals surface area contributed by atoms with Crippen LogP contribution < -0.4 is 19.6 Å². The summed E-state index contributed by atoms with van der Waals surface area (Å²) in [5.74, 6) is 0.0727. The molecule has 0 bridgehead atoms. The van der Waals surface area contributed by atoms with Gasteiger partial charge in [0.2, 0.25) is 0 Å². The molecular weight excluding hydrogens is 512 g/mol. The van der Waals surface area contributed by atoms with Gasteiger partial charge in [0, 0.05) is 9.50 Å². The highest BCUT2D eigenvalue weighted by Crippen LogP contribution is 2.28.